The van der Waals surface area contributed by atoms with Gasteiger partial charge >= 0.3 is 0 Å². The van der Waals surface area contributed by atoms with E-state index in [1.54, 1.807) is 19.1 Å². The van der Waals surface area contributed by atoms with Crippen molar-refractivity contribution in [3.8, 4) is 23.0 Å². The van der Waals surface area contributed by atoms with Crippen molar-refractivity contribution in [3.63, 3.8) is 0 Å². The number of benzene rings is 3. The minimum absolute atomic E-state index is 0.0668. The van der Waals surface area contributed by atoms with E-state index < -0.39 is 34.1 Å². The number of hydrogen-bond acceptors (Lipinski definition) is 8. The number of nitrogens with one attached hydrogen (secondary N) is 1. The fraction of sp³-hybridized carbons (Fsp3) is 0.394. The summed E-state index contributed by atoms with van der Waals surface area (Å²) in [6, 6.07) is 15.4. The number of sulfonamides is 1. The van der Waals surface area contributed by atoms with Crippen LogP contribution in [0.1, 0.15) is 38.8 Å². The molecular weight excluding hydrogens is 598 g/mol. The van der Waals surface area contributed by atoms with Gasteiger partial charge in [0, 0.05) is 24.2 Å². The zero-order valence-corrected chi connectivity index (χ0v) is 28.2. The third-order valence-electron chi connectivity index (χ3n) is 7.02. The van der Waals surface area contributed by atoms with Crippen LogP contribution in [0.15, 0.2) is 65.6 Å². The molecule has 11 nitrogen and oxygen atoms in total. The number of aryl methyl sites for hydroxylation is 1. The maximum absolute atomic E-state index is 14.4. The van der Waals surface area contributed by atoms with Gasteiger partial charge in [-0.2, -0.15) is 0 Å². The Balaban J connectivity index is 2.17. The smallest absolute Gasteiger partial charge is 0.265 e. The van der Waals surface area contributed by atoms with Gasteiger partial charge in [0.1, 0.15) is 24.1 Å². The highest BCUT2D eigenvalue weighted by Gasteiger charge is 2.35. The summed E-state index contributed by atoms with van der Waals surface area (Å²) < 4.78 is 51.3. The highest BCUT2D eigenvalue weighted by Crippen LogP contribution is 2.37. The molecule has 244 valence electrons. The molecule has 0 radical (unpaired) electrons. The van der Waals surface area contributed by atoms with Crippen LogP contribution in [0.5, 0.6) is 23.0 Å². The van der Waals surface area contributed by atoms with E-state index in [4.69, 9.17) is 18.9 Å². The molecule has 0 saturated heterocycles. The molecule has 12 heteroatoms. The molecule has 1 N–H and O–H groups in total. The predicted octanol–water partition coefficient (Wildman–Crippen LogP) is 4.56. The molecule has 2 amide bonds. The van der Waals surface area contributed by atoms with Gasteiger partial charge in [-0.3, -0.25) is 13.9 Å². The van der Waals surface area contributed by atoms with Crippen molar-refractivity contribution in [1.82, 2.24) is 10.2 Å². The molecule has 0 bridgehead atoms. The highest BCUT2D eigenvalue weighted by atomic mass is 32.2. The van der Waals surface area contributed by atoms with Crippen LogP contribution in [0.2, 0.25) is 0 Å². The molecule has 0 heterocycles. The molecule has 0 aromatic heterocycles. The summed E-state index contributed by atoms with van der Waals surface area (Å²) in [5.74, 6) is 0.0747. The van der Waals surface area contributed by atoms with Gasteiger partial charge in [0.25, 0.3) is 10.0 Å². The topological polar surface area (TPSA) is 124 Å². The lowest BCUT2D eigenvalue weighted by Crippen LogP contribution is -2.54. The first-order valence-corrected chi connectivity index (χ1v) is 15.7. The standard InChI is InChI=1S/C33H43N3O8S/c1-22-10-12-24(13-11-22)20-35(23(2)32(38)34-33(3,4)5)31(37)21-36(27-18-25(41-6)14-16-28(27)42-7)45(39,40)26-15-17-29(43-8)30(19-26)44-9/h10-19,23H,20-21H2,1-9H3,(H,34,38). The Kier molecular flexibility index (Phi) is 11.3. The van der Waals surface area contributed by atoms with Crippen LogP contribution in [0, 0.1) is 6.92 Å². The number of carbonyl (C=O) groups excluding carboxylic acids is 2. The van der Waals surface area contributed by atoms with Gasteiger partial charge in [0.05, 0.1) is 39.0 Å². The fourth-order valence-corrected chi connectivity index (χ4v) is 5.99. The van der Waals surface area contributed by atoms with Crippen molar-refractivity contribution in [1.29, 1.82) is 0 Å². The van der Waals surface area contributed by atoms with Crippen LogP contribution >= 0.6 is 0 Å². The summed E-state index contributed by atoms with van der Waals surface area (Å²) in [7, 11) is 1.25. The number of methoxy groups -OCH3 is 4. The first-order valence-electron chi connectivity index (χ1n) is 14.3. The molecular formula is C33H43N3O8S. The third kappa shape index (κ3) is 8.59. The van der Waals surface area contributed by atoms with Crippen molar-refractivity contribution in [2.24, 2.45) is 0 Å². The lowest BCUT2D eigenvalue weighted by Gasteiger charge is -2.34. The Morgan fingerprint density at radius 1 is 0.822 bits per heavy atom. The molecule has 1 unspecified atom stereocenters. The van der Waals surface area contributed by atoms with Crippen LogP contribution in [-0.2, 0) is 26.2 Å². The molecule has 45 heavy (non-hydrogen) atoms. The molecule has 3 aromatic carbocycles. The van der Waals surface area contributed by atoms with Gasteiger partial charge in [-0.05, 0) is 64.4 Å². The van der Waals surface area contributed by atoms with E-state index in [0.29, 0.717) is 11.5 Å². The van der Waals surface area contributed by atoms with Gasteiger partial charge in [0.2, 0.25) is 11.8 Å². The molecule has 3 rings (SSSR count). The third-order valence-corrected chi connectivity index (χ3v) is 8.77. The van der Waals surface area contributed by atoms with Crippen molar-refractivity contribution in [2.75, 3.05) is 39.3 Å². The van der Waals surface area contributed by atoms with Crippen LogP contribution in [0.25, 0.3) is 0 Å². The lowest BCUT2D eigenvalue weighted by molar-refractivity contribution is -0.140. The highest BCUT2D eigenvalue weighted by molar-refractivity contribution is 7.92. The zero-order chi connectivity index (χ0) is 33.5. The quantitative estimate of drug-likeness (QED) is 0.288. The zero-order valence-electron chi connectivity index (χ0n) is 27.3. The van der Waals surface area contributed by atoms with Crippen molar-refractivity contribution >= 4 is 27.5 Å². The van der Waals surface area contributed by atoms with E-state index in [-0.39, 0.29) is 34.5 Å². The Morgan fingerprint density at radius 2 is 1.42 bits per heavy atom. The number of amides is 2. The van der Waals surface area contributed by atoms with Crippen LogP contribution < -0.4 is 28.6 Å². The van der Waals surface area contributed by atoms with Gasteiger partial charge < -0.3 is 29.2 Å². The van der Waals surface area contributed by atoms with Crippen LogP contribution in [0.4, 0.5) is 5.69 Å². The van der Waals surface area contributed by atoms with Gasteiger partial charge in [-0.15, -0.1) is 0 Å². The second-order valence-electron chi connectivity index (χ2n) is 11.5. The molecule has 0 fully saturated rings. The minimum Gasteiger partial charge on any atom is -0.497 e. The Labute approximate surface area is 266 Å². The maximum atomic E-state index is 14.4. The van der Waals surface area contributed by atoms with Crippen LogP contribution in [-0.4, -0.2) is 71.7 Å². The largest absolute Gasteiger partial charge is 0.497 e. The van der Waals surface area contributed by atoms with E-state index >= 15 is 0 Å². The summed E-state index contributed by atoms with van der Waals surface area (Å²) >= 11 is 0. The summed E-state index contributed by atoms with van der Waals surface area (Å²) in [5, 5.41) is 2.92. The number of hydrogen-bond donors (Lipinski definition) is 1. The number of rotatable bonds is 13. The molecule has 0 aliphatic rings. The van der Waals surface area contributed by atoms with Gasteiger partial charge in [-0.1, -0.05) is 29.8 Å². The first-order chi connectivity index (χ1) is 21.1. The van der Waals surface area contributed by atoms with Gasteiger partial charge in [-0.25, -0.2) is 8.42 Å². The monoisotopic (exact) mass is 641 g/mol. The fourth-order valence-electron chi connectivity index (χ4n) is 4.56. The minimum atomic E-state index is -4.44. The Bertz CT molecular complexity index is 1600. The number of ether oxygens (including phenoxy) is 4. The van der Waals surface area contributed by atoms with Crippen molar-refractivity contribution in [3.05, 3.63) is 71.8 Å². The summed E-state index contributed by atoms with van der Waals surface area (Å²) in [5.41, 5.74) is 1.33. The molecule has 0 aliphatic heterocycles. The normalized spacial score (nSPS) is 12.1. The van der Waals surface area contributed by atoms with E-state index in [0.717, 1.165) is 15.4 Å². The summed E-state index contributed by atoms with van der Waals surface area (Å²) in [4.78, 5) is 28.8. The number of nitrogens with zero attached hydrogens (tertiary/aromatic N) is 2. The second-order valence-corrected chi connectivity index (χ2v) is 13.4. The molecule has 0 aliphatic carbocycles. The molecule has 1 atom stereocenters. The van der Waals surface area contributed by atoms with Crippen LogP contribution in [0.3, 0.4) is 0 Å². The van der Waals surface area contributed by atoms with E-state index in [1.165, 1.54) is 57.6 Å². The van der Waals surface area contributed by atoms with E-state index in [1.807, 2.05) is 52.0 Å². The van der Waals surface area contributed by atoms with E-state index in [2.05, 4.69) is 5.32 Å². The van der Waals surface area contributed by atoms with Crippen molar-refractivity contribution in [2.45, 2.75) is 57.6 Å². The predicted molar refractivity (Wildman–Crippen MR) is 173 cm³/mol. The van der Waals surface area contributed by atoms with E-state index in [9.17, 15) is 18.0 Å². The summed E-state index contributed by atoms with van der Waals surface area (Å²) in [6.07, 6.45) is 0. The average molecular weight is 642 g/mol. The SMILES string of the molecule is COc1ccc(OC)c(N(CC(=O)N(Cc2ccc(C)cc2)C(C)C(=O)NC(C)(C)C)S(=O)(=O)c2ccc(OC)c(OC)c2)c1. The number of anilines is 1. The maximum Gasteiger partial charge on any atom is 0.265 e. The molecule has 0 spiro atoms. The lowest BCUT2D eigenvalue weighted by atomic mass is 10.1. The average Bonchev–Trinajstić information content (AvgIpc) is 3.01. The second kappa shape index (κ2) is 14.6. The Morgan fingerprint density at radius 3 is 1.98 bits per heavy atom. The summed E-state index contributed by atoms with van der Waals surface area (Å²) in [6.45, 7) is 8.51. The first kappa shape index (κ1) is 35.0. The Hall–Kier alpha value is -4.45. The number of carbonyl (C=O) groups is 2. The van der Waals surface area contributed by atoms with Gasteiger partial charge in [0.15, 0.2) is 11.5 Å². The van der Waals surface area contributed by atoms with Crippen molar-refractivity contribution < 1.29 is 37.0 Å². The molecule has 3 aromatic rings. The molecule has 0 saturated carbocycles.